The summed E-state index contributed by atoms with van der Waals surface area (Å²) in [7, 11) is 0. The van der Waals surface area contributed by atoms with Crippen molar-refractivity contribution in [1.82, 2.24) is 9.88 Å². The van der Waals surface area contributed by atoms with Gasteiger partial charge < -0.3 is 14.6 Å². The lowest BCUT2D eigenvalue weighted by atomic mass is 10.3. The van der Waals surface area contributed by atoms with Gasteiger partial charge in [-0.1, -0.05) is 20.3 Å². The molecule has 0 spiro atoms. The predicted octanol–water partition coefficient (Wildman–Crippen LogP) is 2.41. The standard InChI is InChI=1S/C13H24N2O/c1-3-5-9-16-10-8-15-7-6-13(12-15)11-14-4-2/h6-7,12,14H,3-5,8-11H2,1-2H3. The van der Waals surface area contributed by atoms with Crippen molar-refractivity contribution in [3.63, 3.8) is 0 Å². The normalized spacial score (nSPS) is 10.9. The second-order valence-corrected chi connectivity index (χ2v) is 4.00. The van der Waals surface area contributed by atoms with Crippen molar-refractivity contribution < 1.29 is 4.74 Å². The Morgan fingerprint density at radius 2 is 2.19 bits per heavy atom. The Labute approximate surface area is 98.8 Å². The molecule has 0 unspecified atom stereocenters. The van der Waals surface area contributed by atoms with Gasteiger partial charge in [0.1, 0.15) is 0 Å². The van der Waals surface area contributed by atoms with Gasteiger partial charge in [0.15, 0.2) is 0 Å². The summed E-state index contributed by atoms with van der Waals surface area (Å²) in [6.45, 7) is 8.94. The molecule has 1 N–H and O–H groups in total. The lowest BCUT2D eigenvalue weighted by Gasteiger charge is -2.04. The van der Waals surface area contributed by atoms with E-state index in [0.29, 0.717) is 0 Å². The quantitative estimate of drug-likeness (QED) is 0.652. The van der Waals surface area contributed by atoms with Crippen LogP contribution in [0.5, 0.6) is 0 Å². The van der Waals surface area contributed by atoms with Gasteiger partial charge in [-0.15, -0.1) is 0 Å². The Morgan fingerprint density at radius 3 is 2.94 bits per heavy atom. The predicted molar refractivity (Wildman–Crippen MR) is 67.5 cm³/mol. The van der Waals surface area contributed by atoms with Crippen molar-refractivity contribution >= 4 is 0 Å². The van der Waals surface area contributed by atoms with E-state index < -0.39 is 0 Å². The molecule has 0 saturated heterocycles. The van der Waals surface area contributed by atoms with Gasteiger partial charge in [-0.2, -0.15) is 0 Å². The molecule has 3 nitrogen and oxygen atoms in total. The maximum absolute atomic E-state index is 5.53. The Bertz CT molecular complexity index is 271. The molecule has 0 aliphatic carbocycles. The molecular weight excluding hydrogens is 200 g/mol. The van der Waals surface area contributed by atoms with Crippen LogP contribution in [0.1, 0.15) is 32.3 Å². The number of aromatic nitrogens is 1. The molecule has 0 radical (unpaired) electrons. The first kappa shape index (κ1) is 13.3. The van der Waals surface area contributed by atoms with Crippen LogP contribution < -0.4 is 5.32 Å². The molecule has 0 aliphatic rings. The van der Waals surface area contributed by atoms with Gasteiger partial charge in [0.25, 0.3) is 0 Å². The largest absolute Gasteiger partial charge is 0.380 e. The molecule has 0 fully saturated rings. The fourth-order valence-corrected chi connectivity index (χ4v) is 1.52. The third-order valence-corrected chi connectivity index (χ3v) is 2.53. The topological polar surface area (TPSA) is 26.2 Å². The lowest BCUT2D eigenvalue weighted by Crippen LogP contribution is -2.11. The minimum absolute atomic E-state index is 0.815. The number of ether oxygens (including phenoxy) is 1. The van der Waals surface area contributed by atoms with Crippen LogP contribution in [0.3, 0.4) is 0 Å². The third-order valence-electron chi connectivity index (χ3n) is 2.53. The van der Waals surface area contributed by atoms with Gasteiger partial charge in [-0.25, -0.2) is 0 Å². The third kappa shape index (κ3) is 5.33. The maximum atomic E-state index is 5.53. The highest BCUT2D eigenvalue weighted by Gasteiger charge is 1.96. The van der Waals surface area contributed by atoms with Crippen LogP contribution in [0.4, 0.5) is 0 Å². The minimum Gasteiger partial charge on any atom is -0.380 e. The summed E-state index contributed by atoms with van der Waals surface area (Å²) < 4.78 is 7.72. The molecule has 0 aromatic carbocycles. The van der Waals surface area contributed by atoms with Crippen LogP contribution in [-0.2, 0) is 17.8 Å². The molecule has 0 amide bonds. The van der Waals surface area contributed by atoms with Crippen molar-refractivity contribution in [3.05, 3.63) is 24.0 Å². The molecule has 1 aromatic rings. The summed E-state index contributed by atoms with van der Waals surface area (Å²) in [6.07, 6.45) is 6.68. The van der Waals surface area contributed by atoms with Crippen LogP contribution in [0.2, 0.25) is 0 Å². The summed E-state index contributed by atoms with van der Waals surface area (Å²) in [5.74, 6) is 0. The molecule has 1 rings (SSSR count). The molecule has 0 bridgehead atoms. The van der Waals surface area contributed by atoms with E-state index in [1.807, 2.05) is 0 Å². The fourth-order valence-electron chi connectivity index (χ4n) is 1.52. The molecule has 1 aromatic heterocycles. The molecule has 0 saturated carbocycles. The molecule has 1 heterocycles. The lowest BCUT2D eigenvalue weighted by molar-refractivity contribution is 0.123. The summed E-state index contributed by atoms with van der Waals surface area (Å²) in [5, 5.41) is 3.32. The van der Waals surface area contributed by atoms with Gasteiger partial charge in [-0.05, 0) is 24.6 Å². The van der Waals surface area contributed by atoms with E-state index in [4.69, 9.17) is 4.74 Å². The number of nitrogens with one attached hydrogen (secondary N) is 1. The first-order valence-corrected chi connectivity index (χ1v) is 6.30. The van der Waals surface area contributed by atoms with E-state index in [9.17, 15) is 0 Å². The molecular formula is C13H24N2O. The number of nitrogens with zero attached hydrogens (tertiary/aromatic N) is 1. The number of hydrogen-bond donors (Lipinski definition) is 1. The van der Waals surface area contributed by atoms with E-state index in [2.05, 4.69) is 42.2 Å². The van der Waals surface area contributed by atoms with Crippen molar-refractivity contribution in [2.75, 3.05) is 19.8 Å². The molecule has 16 heavy (non-hydrogen) atoms. The number of hydrogen-bond acceptors (Lipinski definition) is 2. The average Bonchev–Trinajstić information content (AvgIpc) is 2.74. The smallest absolute Gasteiger partial charge is 0.0645 e. The van der Waals surface area contributed by atoms with Gasteiger partial charge in [0.05, 0.1) is 6.61 Å². The minimum atomic E-state index is 0.815. The zero-order chi connectivity index (χ0) is 11.6. The summed E-state index contributed by atoms with van der Waals surface area (Å²) >= 11 is 0. The molecule has 0 aliphatic heterocycles. The van der Waals surface area contributed by atoms with Crippen molar-refractivity contribution in [2.45, 2.75) is 39.8 Å². The second-order valence-electron chi connectivity index (χ2n) is 4.00. The first-order valence-electron chi connectivity index (χ1n) is 6.30. The number of rotatable bonds is 9. The van der Waals surface area contributed by atoms with Crippen LogP contribution in [0, 0.1) is 0 Å². The highest BCUT2D eigenvalue weighted by Crippen LogP contribution is 2.01. The van der Waals surface area contributed by atoms with Gasteiger partial charge in [-0.3, -0.25) is 0 Å². The van der Waals surface area contributed by atoms with E-state index in [1.165, 1.54) is 12.0 Å². The van der Waals surface area contributed by atoms with Gasteiger partial charge in [0.2, 0.25) is 0 Å². The zero-order valence-corrected chi connectivity index (χ0v) is 10.5. The van der Waals surface area contributed by atoms with Gasteiger partial charge >= 0.3 is 0 Å². The van der Waals surface area contributed by atoms with E-state index in [1.54, 1.807) is 0 Å². The summed E-state index contributed by atoms with van der Waals surface area (Å²) in [4.78, 5) is 0. The van der Waals surface area contributed by atoms with E-state index in [0.717, 1.165) is 39.3 Å². The molecule has 3 heteroatoms. The van der Waals surface area contributed by atoms with Crippen molar-refractivity contribution in [2.24, 2.45) is 0 Å². The Balaban J connectivity index is 2.14. The second kappa shape index (κ2) is 8.36. The number of unbranched alkanes of at least 4 members (excludes halogenated alkanes) is 1. The maximum Gasteiger partial charge on any atom is 0.0645 e. The zero-order valence-electron chi connectivity index (χ0n) is 10.5. The average molecular weight is 224 g/mol. The summed E-state index contributed by atoms with van der Waals surface area (Å²) in [6, 6.07) is 2.16. The van der Waals surface area contributed by atoms with Crippen molar-refractivity contribution in [3.8, 4) is 0 Å². The first-order chi connectivity index (χ1) is 7.86. The highest BCUT2D eigenvalue weighted by molar-refractivity contribution is 5.09. The molecule has 0 atom stereocenters. The fraction of sp³-hybridized carbons (Fsp3) is 0.692. The van der Waals surface area contributed by atoms with Crippen molar-refractivity contribution in [1.29, 1.82) is 0 Å². The van der Waals surface area contributed by atoms with Gasteiger partial charge in [0, 0.05) is 32.1 Å². The van der Waals surface area contributed by atoms with Crippen LogP contribution in [0.25, 0.3) is 0 Å². The van der Waals surface area contributed by atoms with Crippen LogP contribution in [-0.4, -0.2) is 24.3 Å². The SMILES string of the molecule is CCCCOCCn1ccc(CNCC)c1. The Morgan fingerprint density at radius 1 is 1.31 bits per heavy atom. The molecule has 92 valence electrons. The monoisotopic (exact) mass is 224 g/mol. The Hall–Kier alpha value is -0.800. The van der Waals surface area contributed by atoms with Crippen LogP contribution in [0.15, 0.2) is 18.5 Å². The Kier molecular flexibility index (Phi) is 6.93. The van der Waals surface area contributed by atoms with Crippen LogP contribution >= 0.6 is 0 Å². The summed E-state index contributed by atoms with van der Waals surface area (Å²) in [5.41, 5.74) is 1.34. The highest BCUT2D eigenvalue weighted by atomic mass is 16.5. The van der Waals surface area contributed by atoms with E-state index >= 15 is 0 Å². The van der Waals surface area contributed by atoms with E-state index in [-0.39, 0.29) is 0 Å².